The van der Waals surface area contributed by atoms with Gasteiger partial charge in [-0.2, -0.15) is 0 Å². The van der Waals surface area contributed by atoms with Crippen molar-refractivity contribution in [2.45, 2.75) is 75.3 Å². The molecule has 7 heteroatoms. The Bertz CT molecular complexity index is 774. The number of aryl methyl sites for hydroxylation is 1. The molecule has 1 amide bonds. The molecule has 1 aromatic rings. The quantitative estimate of drug-likeness (QED) is 0.590. The molecule has 2 aliphatic rings. The van der Waals surface area contributed by atoms with Gasteiger partial charge in [-0.25, -0.2) is 13.1 Å². The highest BCUT2D eigenvalue weighted by Crippen LogP contribution is 2.27. The van der Waals surface area contributed by atoms with Crippen molar-refractivity contribution in [1.82, 2.24) is 10.0 Å². The third kappa shape index (κ3) is 5.53. The van der Waals surface area contributed by atoms with Crippen LogP contribution in [-0.2, 0) is 10.0 Å². The monoisotopic (exact) mass is 394 g/mol. The maximum absolute atomic E-state index is 12.5. The Morgan fingerprint density at radius 3 is 2.63 bits per heavy atom. The van der Waals surface area contributed by atoms with Gasteiger partial charge in [-0.15, -0.1) is 0 Å². The first-order chi connectivity index (χ1) is 12.9. The predicted octanol–water partition coefficient (Wildman–Crippen LogP) is 2.50. The second-order valence-electron chi connectivity index (χ2n) is 7.88. The molecule has 2 atom stereocenters. The van der Waals surface area contributed by atoms with E-state index in [-0.39, 0.29) is 22.9 Å². The van der Waals surface area contributed by atoms with E-state index >= 15 is 0 Å². The number of aliphatic hydroxyl groups excluding tert-OH is 1. The molecule has 0 radical (unpaired) electrons. The molecule has 1 aromatic carbocycles. The lowest BCUT2D eigenvalue weighted by Gasteiger charge is -2.27. The van der Waals surface area contributed by atoms with Gasteiger partial charge in [-0.3, -0.25) is 4.79 Å². The summed E-state index contributed by atoms with van der Waals surface area (Å²) in [5.74, 6) is 0.0829. The van der Waals surface area contributed by atoms with Crippen molar-refractivity contribution in [3.8, 4) is 0 Å². The zero-order chi connectivity index (χ0) is 19.4. The fraction of sp³-hybridized carbons (Fsp3) is 0.650. The van der Waals surface area contributed by atoms with Crippen LogP contribution in [0, 0.1) is 12.8 Å². The first-order valence-electron chi connectivity index (χ1n) is 9.96. The van der Waals surface area contributed by atoms with Crippen LogP contribution in [0.4, 0.5) is 0 Å². The summed E-state index contributed by atoms with van der Waals surface area (Å²) in [6, 6.07) is 4.71. The van der Waals surface area contributed by atoms with Crippen LogP contribution in [0.5, 0.6) is 0 Å². The van der Waals surface area contributed by atoms with E-state index in [1.165, 1.54) is 12.5 Å². The summed E-state index contributed by atoms with van der Waals surface area (Å²) >= 11 is 0. The minimum absolute atomic E-state index is 0.0312. The number of carbonyl (C=O) groups is 1. The van der Waals surface area contributed by atoms with E-state index in [9.17, 15) is 18.3 Å². The first kappa shape index (κ1) is 20.3. The number of nitrogens with one attached hydrogen (secondary N) is 2. The molecule has 2 fully saturated rings. The molecule has 2 saturated carbocycles. The van der Waals surface area contributed by atoms with Crippen molar-refractivity contribution in [2.75, 3.05) is 6.54 Å². The number of amides is 1. The molecule has 0 unspecified atom stereocenters. The van der Waals surface area contributed by atoms with Gasteiger partial charge in [0.25, 0.3) is 5.91 Å². The van der Waals surface area contributed by atoms with Gasteiger partial charge in [0, 0.05) is 18.2 Å². The maximum atomic E-state index is 12.5. The van der Waals surface area contributed by atoms with E-state index < -0.39 is 10.0 Å². The fourth-order valence-corrected chi connectivity index (χ4v) is 5.02. The number of carbonyl (C=O) groups excluding carboxylic acids is 1. The molecule has 2 aliphatic carbocycles. The Morgan fingerprint density at radius 1 is 1.19 bits per heavy atom. The van der Waals surface area contributed by atoms with Gasteiger partial charge in [0.15, 0.2) is 0 Å². The molecule has 0 heterocycles. The van der Waals surface area contributed by atoms with Crippen molar-refractivity contribution in [3.05, 3.63) is 29.3 Å². The van der Waals surface area contributed by atoms with Crippen LogP contribution in [0.15, 0.2) is 23.1 Å². The molecule has 3 N–H and O–H groups in total. The molecule has 0 bridgehead atoms. The zero-order valence-corrected chi connectivity index (χ0v) is 16.7. The van der Waals surface area contributed by atoms with Gasteiger partial charge in [0.2, 0.25) is 10.0 Å². The van der Waals surface area contributed by atoms with Gasteiger partial charge >= 0.3 is 0 Å². The SMILES string of the molecule is Cc1ccc(S(=O)(=O)NC2CC2)cc1C(=O)NCCC[C@@H]1CCCC[C@H]1O. The van der Waals surface area contributed by atoms with Crippen molar-refractivity contribution in [2.24, 2.45) is 5.92 Å². The molecule has 0 spiro atoms. The summed E-state index contributed by atoms with van der Waals surface area (Å²) in [5.41, 5.74) is 1.15. The van der Waals surface area contributed by atoms with Gasteiger partial charge in [0.1, 0.15) is 0 Å². The molecule has 0 saturated heterocycles. The lowest BCUT2D eigenvalue weighted by Crippen LogP contribution is -2.29. The van der Waals surface area contributed by atoms with Crippen molar-refractivity contribution in [3.63, 3.8) is 0 Å². The fourth-order valence-electron chi connectivity index (χ4n) is 3.69. The van der Waals surface area contributed by atoms with E-state index in [4.69, 9.17) is 0 Å². The minimum atomic E-state index is -3.57. The molecular formula is C20H30N2O4S. The lowest BCUT2D eigenvalue weighted by atomic mass is 9.83. The van der Waals surface area contributed by atoms with Crippen molar-refractivity contribution < 1.29 is 18.3 Å². The zero-order valence-electron chi connectivity index (χ0n) is 15.9. The predicted molar refractivity (Wildman–Crippen MR) is 104 cm³/mol. The summed E-state index contributed by atoms with van der Waals surface area (Å²) < 4.78 is 27.4. The highest BCUT2D eigenvalue weighted by Gasteiger charge is 2.28. The van der Waals surface area contributed by atoms with Gasteiger partial charge in [-0.05, 0) is 69.1 Å². The standard InChI is InChI=1S/C20H30N2O4S/c1-14-8-11-17(27(25,26)22-16-9-10-16)13-18(14)20(24)21-12-4-6-15-5-2-3-7-19(15)23/h8,11,13,15-16,19,22-23H,2-7,9-10,12H2,1H3,(H,21,24)/t15-,19+/m0/s1. The number of benzene rings is 1. The second kappa shape index (κ2) is 8.71. The normalized spacial score (nSPS) is 23.2. The van der Waals surface area contributed by atoms with E-state index in [1.54, 1.807) is 19.1 Å². The van der Waals surface area contributed by atoms with Gasteiger partial charge in [-0.1, -0.05) is 18.9 Å². The first-order valence-corrected chi connectivity index (χ1v) is 11.4. The maximum Gasteiger partial charge on any atom is 0.251 e. The highest BCUT2D eigenvalue weighted by atomic mass is 32.2. The van der Waals surface area contributed by atoms with Gasteiger partial charge < -0.3 is 10.4 Å². The van der Waals surface area contributed by atoms with Crippen molar-refractivity contribution >= 4 is 15.9 Å². The molecule has 6 nitrogen and oxygen atoms in total. The Morgan fingerprint density at radius 2 is 1.93 bits per heavy atom. The Labute approximate surface area is 161 Å². The molecule has 3 rings (SSSR count). The van der Waals surface area contributed by atoms with Gasteiger partial charge in [0.05, 0.1) is 11.0 Å². The number of hydrogen-bond acceptors (Lipinski definition) is 4. The van der Waals surface area contributed by atoms with E-state index in [0.717, 1.165) is 50.5 Å². The number of sulfonamides is 1. The summed E-state index contributed by atoms with van der Waals surface area (Å²) in [6.07, 6.45) is 7.45. The van der Waals surface area contributed by atoms with Crippen LogP contribution in [-0.4, -0.2) is 38.1 Å². The average molecular weight is 395 g/mol. The van der Waals surface area contributed by atoms with E-state index in [2.05, 4.69) is 10.0 Å². The summed E-state index contributed by atoms with van der Waals surface area (Å²) in [5, 5.41) is 12.9. The topological polar surface area (TPSA) is 95.5 Å². The molecular weight excluding hydrogens is 364 g/mol. The number of aliphatic hydroxyl groups is 1. The highest BCUT2D eigenvalue weighted by molar-refractivity contribution is 7.89. The Balaban J connectivity index is 1.55. The lowest BCUT2D eigenvalue weighted by molar-refractivity contribution is 0.0641. The van der Waals surface area contributed by atoms with Crippen molar-refractivity contribution in [1.29, 1.82) is 0 Å². The third-order valence-electron chi connectivity index (χ3n) is 5.57. The summed E-state index contributed by atoms with van der Waals surface area (Å²) in [6.45, 7) is 2.33. The Hall–Kier alpha value is -1.44. The van der Waals surface area contributed by atoms with Crippen LogP contribution in [0.2, 0.25) is 0 Å². The van der Waals surface area contributed by atoms with Crippen LogP contribution in [0.1, 0.15) is 67.3 Å². The molecule has 150 valence electrons. The van der Waals surface area contributed by atoms with Crippen LogP contribution < -0.4 is 10.0 Å². The summed E-state index contributed by atoms with van der Waals surface area (Å²) in [7, 11) is -3.57. The summed E-state index contributed by atoms with van der Waals surface area (Å²) in [4.78, 5) is 12.7. The van der Waals surface area contributed by atoms with E-state index in [0.29, 0.717) is 18.0 Å². The average Bonchev–Trinajstić information content (AvgIpc) is 3.43. The van der Waals surface area contributed by atoms with Crippen LogP contribution in [0.3, 0.4) is 0 Å². The van der Waals surface area contributed by atoms with Crippen LogP contribution in [0.25, 0.3) is 0 Å². The second-order valence-corrected chi connectivity index (χ2v) is 9.60. The molecule has 0 aromatic heterocycles. The number of hydrogen-bond donors (Lipinski definition) is 3. The van der Waals surface area contributed by atoms with Crippen LogP contribution >= 0.6 is 0 Å². The third-order valence-corrected chi connectivity index (χ3v) is 7.09. The number of rotatable bonds is 8. The Kier molecular flexibility index (Phi) is 6.55. The van der Waals surface area contributed by atoms with E-state index in [1.807, 2.05) is 0 Å². The molecule has 27 heavy (non-hydrogen) atoms. The smallest absolute Gasteiger partial charge is 0.251 e. The largest absolute Gasteiger partial charge is 0.393 e. The molecule has 0 aliphatic heterocycles. The minimum Gasteiger partial charge on any atom is -0.393 e.